The molecule has 1 aromatic rings. The Hall–Kier alpha value is -1.30. The van der Waals surface area contributed by atoms with Crippen molar-refractivity contribution in [1.82, 2.24) is 0 Å². The van der Waals surface area contributed by atoms with Gasteiger partial charge in [0.05, 0.1) is 13.2 Å². The lowest BCUT2D eigenvalue weighted by atomic mass is 10.2. The molecule has 0 aromatic heterocycles. The van der Waals surface area contributed by atoms with Crippen molar-refractivity contribution in [3.63, 3.8) is 0 Å². The molecule has 2 aliphatic heterocycles. The average Bonchev–Trinajstić information content (AvgIpc) is 2.93. The molecule has 2 saturated heterocycles. The van der Waals surface area contributed by atoms with E-state index in [0.29, 0.717) is 19.9 Å². The summed E-state index contributed by atoms with van der Waals surface area (Å²) in [4.78, 5) is 15.7. The van der Waals surface area contributed by atoms with E-state index in [0.717, 1.165) is 24.5 Å². The number of anilines is 2. The van der Waals surface area contributed by atoms with Gasteiger partial charge in [-0.2, -0.15) is 0 Å². The molecule has 0 atom stereocenters. The Morgan fingerprint density at radius 2 is 1.84 bits per heavy atom. The molecule has 0 bridgehead atoms. The van der Waals surface area contributed by atoms with Gasteiger partial charge in [0.1, 0.15) is 13.3 Å². The lowest BCUT2D eigenvalue weighted by Crippen LogP contribution is -2.41. The molecule has 2 aliphatic rings. The first-order valence-corrected chi connectivity index (χ1v) is 6.15. The first-order valence-electron chi connectivity index (χ1n) is 6.15. The number of hydrogen-bond donors (Lipinski definition) is 0. The number of morpholine rings is 1. The number of rotatable bonds is 2. The van der Waals surface area contributed by atoms with Crippen LogP contribution >= 0.6 is 12.4 Å². The normalized spacial score (nSPS) is 19.5. The number of benzene rings is 1. The maximum atomic E-state index is 11.8. The standard InChI is InChI=1S/C13H16N2O3.ClH/c16-13-9-17-7-5-15(13)12-3-1-2-11(8-12)14-4-6-18-10-14;/h1-3,8H,4-7,9-10H2;1H. The predicted molar refractivity (Wildman–Crippen MR) is 75.0 cm³/mol. The molecule has 0 aliphatic carbocycles. The first kappa shape index (κ1) is 14.1. The fraction of sp³-hybridized carbons (Fsp3) is 0.462. The van der Waals surface area contributed by atoms with Crippen molar-refractivity contribution < 1.29 is 14.3 Å². The SMILES string of the molecule is Cl.O=C1COCCN1c1cccc(N2CCOC2)c1. The summed E-state index contributed by atoms with van der Waals surface area (Å²) in [7, 11) is 0. The third-order valence-electron chi connectivity index (χ3n) is 3.25. The fourth-order valence-electron chi connectivity index (χ4n) is 2.27. The van der Waals surface area contributed by atoms with Gasteiger partial charge in [-0.25, -0.2) is 0 Å². The maximum Gasteiger partial charge on any atom is 0.253 e. The van der Waals surface area contributed by atoms with Crippen LogP contribution < -0.4 is 9.80 Å². The molecule has 0 spiro atoms. The van der Waals surface area contributed by atoms with Crippen molar-refractivity contribution in [2.24, 2.45) is 0 Å². The topological polar surface area (TPSA) is 42.0 Å². The number of halogens is 1. The Balaban J connectivity index is 0.00000133. The van der Waals surface area contributed by atoms with Gasteiger partial charge < -0.3 is 19.3 Å². The first-order chi connectivity index (χ1) is 8.84. The fourth-order valence-corrected chi connectivity index (χ4v) is 2.27. The van der Waals surface area contributed by atoms with Gasteiger partial charge in [-0.15, -0.1) is 12.4 Å². The minimum atomic E-state index is 0. The minimum absolute atomic E-state index is 0. The zero-order valence-corrected chi connectivity index (χ0v) is 11.4. The van der Waals surface area contributed by atoms with Crippen molar-refractivity contribution in [3.8, 4) is 0 Å². The van der Waals surface area contributed by atoms with Crippen molar-refractivity contribution in [3.05, 3.63) is 24.3 Å². The van der Waals surface area contributed by atoms with Crippen LogP contribution in [0.5, 0.6) is 0 Å². The Labute approximate surface area is 118 Å². The molecular formula is C13H17ClN2O3. The molecule has 0 radical (unpaired) electrons. The molecule has 19 heavy (non-hydrogen) atoms. The van der Waals surface area contributed by atoms with Gasteiger partial charge in [0.25, 0.3) is 5.91 Å². The van der Waals surface area contributed by atoms with Gasteiger partial charge in [-0.1, -0.05) is 6.07 Å². The number of nitrogens with zero attached hydrogens (tertiary/aromatic N) is 2. The highest BCUT2D eigenvalue weighted by atomic mass is 35.5. The molecule has 2 heterocycles. The van der Waals surface area contributed by atoms with Crippen molar-refractivity contribution >= 4 is 29.7 Å². The lowest BCUT2D eigenvalue weighted by Gasteiger charge is -2.28. The molecule has 0 unspecified atom stereocenters. The second kappa shape index (κ2) is 6.23. The monoisotopic (exact) mass is 284 g/mol. The summed E-state index contributed by atoms with van der Waals surface area (Å²) in [5, 5.41) is 0. The number of carbonyl (C=O) groups is 1. The summed E-state index contributed by atoms with van der Waals surface area (Å²) in [5.74, 6) is 0.0241. The average molecular weight is 285 g/mol. The Morgan fingerprint density at radius 1 is 1.05 bits per heavy atom. The van der Waals surface area contributed by atoms with Crippen LogP contribution in [0.3, 0.4) is 0 Å². The van der Waals surface area contributed by atoms with E-state index in [-0.39, 0.29) is 24.9 Å². The highest BCUT2D eigenvalue weighted by molar-refractivity contribution is 5.95. The second-order valence-electron chi connectivity index (χ2n) is 4.42. The maximum absolute atomic E-state index is 11.8. The quantitative estimate of drug-likeness (QED) is 0.820. The van der Waals surface area contributed by atoms with Crippen LogP contribution in [0.4, 0.5) is 11.4 Å². The van der Waals surface area contributed by atoms with Crippen LogP contribution in [0, 0.1) is 0 Å². The van der Waals surface area contributed by atoms with Crippen LogP contribution in [0.1, 0.15) is 0 Å². The van der Waals surface area contributed by atoms with Crippen LogP contribution in [0.25, 0.3) is 0 Å². The van der Waals surface area contributed by atoms with Crippen LogP contribution in [-0.4, -0.2) is 45.5 Å². The Kier molecular flexibility index (Phi) is 4.63. The molecule has 1 amide bonds. The van der Waals surface area contributed by atoms with E-state index < -0.39 is 0 Å². The van der Waals surface area contributed by atoms with Gasteiger partial charge in [0.2, 0.25) is 0 Å². The minimum Gasteiger partial charge on any atom is -0.370 e. The highest BCUT2D eigenvalue weighted by Crippen LogP contribution is 2.24. The Bertz CT molecular complexity index is 449. The smallest absolute Gasteiger partial charge is 0.253 e. The molecule has 5 nitrogen and oxygen atoms in total. The molecule has 3 rings (SSSR count). The van der Waals surface area contributed by atoms with Crippen LogP contribution in [-0.2, 0) is 14.3 Å². The van der Waals surface area contributed by atoms with E-state index in [4.69, 9.17) is 9.47 Å². The molecule has 0 N–H and O–H groups in total. The number of hydrogen-bond acceptors (Lipinski definition) is 4. The van der Waals surface area contributed by atoms with Gasteiger partial charge >= 0.3 is 0 Å². The van der Waals surface area contributed by atoms with Gasteiger partial charge in [-0.3, -0.25) is 4.79 Å². The van der Waals surface area contributed by atoms with E-state index in [2.05, 4.69) is 4.90 Å². The lowest BCUT2D eigenvalue weighted by molar-refractivity contribution is -0.125. The summed E-state index contributed by atoms with van der Waals surface area (Å²) in [6.45, 7) is 3.69. The van der Waals surface area contributed by atoms with Crippen molar-refractivity contribution in [2.45, 2.75) is 0 Å². The molecule has 2 fully saturated rings. The molecule has 104 valence electrons. The van der Waals surface area contributed by atoms with E-state index in [1.165, 1.54) is 0 Å². The zero-order chi connectivity index (χ0) is 12.4. The van der Waals surface area contributed by atoms with Gasteiger partial charge in [-0.05, 0) is 18.2 Å². The predicted octanol–water partition coefficient (Wildman–Crippen LogP) is 1.27. The largest absolute Gasteiger partial charge is 0.370 e. The van der Waals surface area contributed by atoms with Crippen molar-refractivity contribution in [2.75, 3.05) is 49.4 Å². The third kappa shape index (κ3) is 3.00. The molecule has 1 aromatic carbocycles. The molecule has 6 heteroatoms. The van der Waals surface area contributed by atoms with Crippen LogP contribution in [0.15, 0.2) is 24.3 Å². The number of ether oxygens (including phenoxy) is 2. The van der Waals surface area contributed by atoms with E-state index in [1.54, 1.807) is 4.90 Å². The van der Waals surface area contributed by atoms with E-state index >= 15 is 0 Å². The third-order valence-corrected chi connectivity index (χ3v) is 3.25. The van der Waals surface area contributed by atoms with E-state index in [9.17, 15) is 4.79 Å². The highest BCUT2D eigenvalue weighted by Gasteiger charge is 2.21. The summed E-state index contributed by atoms with van der Waals surface area (Å²) < 4.78 is 10.5. The zero-order valence-electron chi connectivity index (χ0n) is 10.6. The second-order valence-corrected chi connectivity index (χ2v) is 4.42. The summed E-state index contributed by atoms with van der Waals surface area (Å²) in [6.07, 6.45) is 0. The van der Waals surface area contributed by atoms with Crippen LogP contribution in [0.2, 0.25) is 0 Å². The summed E-state index contributed by atoms with van der Waals surface area (Å²) in [5.41, 5.74) is 2.04. The van der Waals surface area contributed by atoms with Gasteiger partial charge in [0, 0.05) is 24.5 Å². The van der Waals surface area contributed by atoms with Crippen molar-refractivity contribution in [1.29, 1.82) is 0 Å². The molecular weight excluding hydrogens is 268 g/mol. The number of carbonyl (C=O) groups excluding carboxylic acids is 1. The summed E-state index contributed by atoms with van der Waals surface area (Å²) >= 11 is 0. The Morgan fingerprint density at radius 3 is 2.58 bits per heavy atom. The number of amides is 1. The molecule has 0 saturated carbocycles. The van der Waals surface area contributed by atoms with E-state index in [1.807, 2.05) is 24.3 Å². The summed E-state index contributed by atoms with van der Waals surface area (Å²) in [6, 6.07) is 8.02. The van der Waals surface area contributed by atoms with Gasteiger partial charge in [0.15, 0.2) is 0 Å².